The smallest absolute Gasteiger partial charge is 0.143 e. The maximum absolute atomic E-state index is 6.05. The molecule has 2 N–H and O–H groups in total. The fraction of sp³-hybridized carbons (Fsp3) is 0.333. The molecule has 0 aliphatic carbocycles. The van der Waals surface area contributed by atoms with Crippen LogP contribution in [0.3, 0.4) is 0 Å². The first-order chi connectivity index (χ1) is 6.20. The van der Waals surface area contributed by atoms with Crippen LogP contribution in [0, 0.1) is 0 Å². The number of nitrogens with two attached hydrogens (primary N) is 1. The van der Waals surface area contributed by atoms with E-state index < -0.39 is 0 Å². The molecule has 1 atom stereocenters. The molecule has 1 aromatic rings. The van der Waals surface area contributed by atoms with E-state index in [9.17, 15) is 0 Å². The highest BCUT2D eigenvalue weighted by Gasteiger charge is 2.21. The first-order valence-electron chi connectivity index (χ1n) is 4.06. The van der Waals surface area contributed by atoms with Gasteiger partial charge >= 0.3 is 0 Å². The number of benzene rings is 1. The lowest BCUT2D eigenvalue weighted by Gasteiger charge is -2.23. The maximum atomic E-state index is 6.05. The second-order valence-electron chi connectivity index (χ2n) is 3.02. The molecule has 0 aromatic heterocycles. The summed E-state index contributed by atoms with van der Waals surface area (Å²) in [4.78, 5) is 0. The van der Waals surface area contributed by atoms with Gasteiger partial charge in [-0.25, -0.2) is 0 Å². The van der Waals surface area contributed by atoms with Crippen molar-refractivity contribution >= 4 is 27.5 Å². The summed E-state index contributed by atoms with van der Waals surface area (Å²) in [5, 5.41) is 0.618. The Balaban J connectivity index is 2.56. The van der Waals surface area contributed by atoms with E-state index in [0.29, 0.717) is 11.6 Å². The van der Waals surface area contributed by atoms with E-state index in [1.807, 2.05) is 12.1 Å². The average molecular weight is 263 g/mol. The van der Waals surface area contributed by atoms with Crippen LogP contribution in [0.2, 0.25) is 5.02 Å². The summed E-state index contributed by atoms with van der Waals surface area (Å²) < 4.78 is 6.31. The van der Waals surface area contributed by atoms with Crippen LogP contribution in [-0.4, -0.2) is 6.61 Å². The van der Waals surface area contributed by atoms with Gasteiger partial charge in [0.25, 0.3) is 0 Å². The van der Waals surface area contributed by atoms with Gasteiger partial charge in [-0.05, 0) is 22.0 Å². The van der Waals surface area contributed by atoms with Crippen molar-refractivity contribution in [3.8, 4) is 5.75 Å². The van der Waals surface area contributed by atoms with E-state index in [1.165, 1.54) is 0 Å². The molecule has 1 aliphatic heterocycles. The molecule has 2 nitrogen and oxygen atoms in total. The first-order valence-corrected chi connectivity index (χ1v) is 5.23. The minimum atomic E-state index is 0.0503. The first kappa shape index (κ1) is 9.31. The molecule has 70 valence electrons. The van der Waals surface area contributed by atoms with Gasteiger partial charge in [0.05, 0.1) is 11.6 Å². The largest absolute Gasteiger partial charge is 0.492 e. The zero-order chi connectivity index (χ0) is 9.42. The molecular formula is C9H9BrClNO. The third-order valence-corrected chi connectivity index (χ3v) is 3.42. The Kier molecular flexibility index (Phi) is 2.49. The highest BCUT2D eigenvalue weighted by atomic mass is 79.9. The van der Waals surface area contributed by atoms with E-state index in [1.54, 1.807) is 0 Å². The van der Waals surface area contributed by atoms with Crippen LogP contribution in [-0.2, 0) is 0 Å². The number of hydrogen-bond donors (Lipinski definition) is 1. The number of rotatable bonds is 0. The van der Waals surface area contributed by atoms with Gasteiger partial charge in [-0.1, -0.05) is 17.7 Å². The molecule has 1 aromatic carbocycles. The summed E-state index contributed by atoms with van der Waals surface area (Å²) in [6.07, 6.45) is 0.852. The van der Waals surface area contributed by atoms with Gasteiger partial charge in [-0.3, -0.25) is 0 Å². The molecule has 1 aliphatic rings. The predicted molar refractivity (Wildman–Crippen MR) is 56.2 cm³/mol. The van der Waals surface area contributed by atoms with Gasteiger partial charge in [0.15, 0.2) is 0 Å². The van der Waals surface area contributed by atoms with Crippen LogP contribution in [0.4, 0.5) is 0 Å². The van der Waals surface area contributed by atoms with E-state index in [-0.39, 0.29) is 6.04 Å². The Morgan fingerprint density at radius 2 is 2.31 bits per heavy atom. The lowest BCUT2D eigenvalue weighted by Crippen LogP contribution is -2.20. The monoisotopic (exact) mass is 261 g/mol. The second kappa shape index (κ2) is 3.48. The lowest BCUT2D eigenvalue weighted by atomic mass is 10.0. The van der Waals surface area contributed by atoms with E-state index in [0.717, 1.165) is 22.2 Å². The van der Waals surface area contributed by atoms with Gasteiger partial charge in [-0.2, -0.15) is 0 Å². The molecule has 4 heteroatoms. The summed E-state index contributed by atoms with van der Waals surface area (Å²) in [5.41, 5.74) is 6.91. The molecule has 13 heavy (non-hydrogen) atoms. The van der Waals surface area contributed by atoms with Gasteiger partial charge < -0.3 is 10.5 Å². The van der Waals surface area contributed by atoms with Crippen molar-refractivity contribution < 1.29 is 4.74 Å². The van der Waals surface area contributed by atoms with E-state index >= 15 is 0 Å². The van der Waals surface area contributed by atoms with Crippen LogP contribution < -0.4 is 10.5 Å². The van der Waals surface area contributed by atoms with Crippen molar-refractivity contribution in [3.05, 3.63) is 27.2 Å². The molecule has 0 spiro atoms. The van der Waals surface area contributed by atoms with Crippen molar-refractivity contribution in [2.45, 2.75) is 12.5 Å². The van der Waals surface area contributed by atoms with Crippen LogP contribution in [0.5, 0.6) is 5.75 Å². The van der Waals surface area contributed by atoms with E-state index in [2.05, 4.69) is 15.9 Å². The summed E-state index contributed by atoms with van der Waals surface area (Å²) in [6.45, 7) is 0.643. The number of ether oxygens (including phenoxy) is 1. The molecule has 0 saturated heterocycles. The Morgan fingerprint density at radius 3 is 3.08 bits per heavy atom. The molecule has 0 amide bonds. The Labute approximate surface area is 90.1 Å². The minimum Gasteiger partial charge on any atom is -0.492 e. The summed E-state index contributed by atoms with van der Waals surface area (Å²) in [7, 11) is 0. The topological polar surface area (TPSA) is 35.2 Å². The standard InChI is InChI=1S/C9H9BrClNO/c10-6-2-1-5-7(12)3-4-13-9(5)8(6)11/h1-2,7H,3-4,12H2. The summed E-state index contributed by atoms with van der Waals surface area (Å²) in [6, 6.07) is 3.90. The maximum Gasteiger partial charge on any atom is 0.143 e. The van der Waals surface area contributed by atoms with Crippen molar-refractivity contribution in [2.75, 3.05) is 6.61 Å². The Morgan fingerprint density at radius 1 is 1.54 bits per heavy atom. The SMILES string of the molecule is NC1CCOc2c1ccc(Br)c2Cl. The fourth-order valence-electron chi connectivity index (χ4n) is 1.43. The van der Waals surface area contributed by atoms with E-state index in [4.69, 9.17) is 22.1 Å². The van der Waals surface area contributed by atoms with Crippen molar-refractivity contribution in [3.63, 3.8) is 0 Å². The van der Waals surface area contributed by atoms with Crippen molar-refractivity contribution in [2.24, 2.45) is 5.73 Å². The zero-order valence-electron chi connectivity index (χ0n) is 6.89. The van der Waals surface area contributed by atoms with Gasteiger partial charge in [0, 0.05) is 22.5 Å². The minimum absolute atomic E-state index is 0.0503. The molecule has 1 heterocycles. The van der Waals surface area contributed by atoms with Crippen LogP contribution >= 0.6 is 27.5 Å². The third kappa shape index (κ3) is 1.56. The molecular weight excluding hydrogens is 253 g/mol. The zero-order valence-corrected chi connectivity index (χ0v) is 9.23. The lowest BCUT2D eigenvalue weighted by molar-refractivity contribution is 0.269. The highest BCUT2D eigenvalue weighted by molar-refractivity contribution is 9.10. The highest BCUT2D eigenvalue weighted by Crippen LogP contribution is 2.40. The molecule has 1 unspecified atom stereocenters. The number of halogens is 2. The second-order valence-corrected chi connectivity index (χ2v) is 4.26. The van der Waals surface area contributed by atoms with Crippen LogP contribution in [0.25, 0.3) is 0 Å². The molecule has 2 rings (SSSR count). The van der Waals surface area contributed by atoms with Crippen LogP contribution in [0.1, 0.15) is 18.0 Å². The van der Waals surface area contributed by atoms with Gasteiger partial charge in [-0.15, -0.1) is 0 Å². The molecule has 0 radical (unpaired) electrons. The normalized spacial score (nSPS) is 20.7. The van der Waals surface area contributed by atoms with Crippen molar-refractivity contribution in [1.29, 1.82) is 0 Å². The third-order valence-electron chi connectivity index (χ3n) is 2.16. The quantitative estimate of drug-likeness (QED) is 0.780. The van der Waals surface area contributed by atoms with Gasteiger partial charge in [0.2, 0.25) is 0 Å². The van der Waals surface area contributed by atoms with Crippen LogP contribution in [0.15, 0.2) is 16.6 Å². The number of hydrogen-bond acceptors (Lipinski definition) is 2. The molecule has 0 bridgehead atoms. The van der Waals surface area contributed by atoms with Gasteiger partial charge in [0.1, 0.15) is 5.75 Å². The average Bonchev–Trinajstić information content (AvgIpc) is 2.12. The Bertz CT molecular complexity index is 343. The summed E-state index contributed by atoms with van der Waals surface area (Å²) in [5.74, 6) is 0.731. The predicted octanol–water partition coefficient (Wildman–Crippen LogP) is 2.88. The van der Waals surface area contributed by atoms with Crippen molar-refractivity contribution in [1.82, 2.24) is 0 Å². The molecule has 0 fully saturated rings. The fourth-order valence-corrected chi connectivity index (χ4v) is 1.97. The number of fused-ring (bicyclic) bond motifs is 1. The Hall–Kier alpha value is -0.250. The summed E-state index contributed by atoms with van der Waals surface area (Å²) >= 11 is 9.39. The molecule has 0 saturated carbocycles.